The van der Waals surface area contributed by atoms with E-state index in [0.29, 0.717) is 5.92 Å². The van der Waals surface area contributed by atoms with Gasteiger partial charge in [-0.1, -0.05) is 72.8 Å². The van der Waals surface area contributed by atoms with Gasteiger partial charge in [-0.2, -0.15) is 0 Å². The maximum atomic E-state index is 5.29. The van der Waals surface area contributed by atoms with Gasteiger partial charge in [-0.15, -0.1) is 0 Å². The molecule has 1 saturated carbocycles. The summed E-state index contributed by atoms with van der Waals surface area (Å²) in [5.41, 5.74) is 4.31. The number of ether oxygens (including phenoxy) is 1. The summed E-state index contributed by atoms with van der Waals surface area (Å²) in [5.74, 6) is 1.44. The number of methoxy groups -OCH3 is 1. The molecule has 23 heavy (non-hydrogen) atoms. The Labute approximate surface area is 137 Å². The second-order valence-electron chi connectivity index (χ2n) is 6.23. The second kappa shape index (κ2) is 5.58. The summed E-state index contributed by atoms with van der Waals surface area (Å²) in [6.07, 6.45) is 1.16. The molecular weight excluding hydrogens is 280 g/mol. The summed E-state index contributed by atoms with van der Waals surface area (Å²) in [7, 11) is 1.71. The standard InChI is InChI=1S/C22H20O/c1-23-20-14-12-17(13-15-20)21-16-22(21,18-8-4-2-5-9-18)19-10-6-3-7-11-19/h2-15,21H,16H2,1H3/t21-/m0/s1. The first-order valence-corrected chi connectivity index (χ1v) is 8.09. The average molecular weight is 300 g/mol. The Kier molecular flexibility index (Phi) is 3.42. The first kappa shape index (κ1) is 14.1. The van der Waals surface area contributed by atoms with E-state index in [2.05, 4.69) is 84.9 Å². The molecular formula is C22H20O. The topological polar surface area (TPSA) is 9.23 Å². The van der Waals surface area contributed by atoms with Gasteiger partial charge >= 0.3 is 0 Å². The smallest absolute Gasteiger partial charge is 0.118 e. The lowest BCUT2D eigenvalue weighted by Crippen LogP contribution is -2.11. The number of benzene rings is 3. The fourth-order valence-corrected chi connectivity index (χ4v) is 3.78. The van der Waals surface area contributed by atoms with Gasteiger partial charge in [-0.05, 0) is 41.2 Å². The van der Waals surface area contributed by atoms with Crippen LogP contribution in [0.5, 0.6) is 5.75 Å². The van der Waals surface area contributed by atoms with Crippen molar-refractivity contribution < 1.29 is 4.74 Å². The summed E-state index contributed by atoms with van der Waals surface area (Å²) >= 11 is 0. The van der Waals surface area contributed by atoms with E-state index in [1.54, 1.807) is 7.11 Å². The molecule has 3 aromatic rings. The predicted molar refractivity (Wildman–Crippen MR) is 94.0 cm³/mol. The Morgan fingerprint density at radius 3 is 1.74 bits per heavy atom. The molecule has 0 saturated heterocycles. The Hall–Kier alpha value is -2.54. The van der Waals surface area contributed by atoms with Crippen molar-refractivity contribution in [3.05, 3.63) is 102 Å². The van der Waals surface area contributed by atoms with E-state index in [4.69, 9.17) is 4.74 Å². The molecule has 0 aromatic heterocycles. The van der Waals surface area contributed by atoms with E-state index >= 15 is 0 Å². The SMILES string of the molecule is COc1ccc([C@@H]2CC2(c2ccccc2)c2ccccc2)cc1. The second-order valence-corrected chi connectivity index (χ2v) is 6.23. The van der Waals surface area contributed by atoms with Gasteiger partial charge in [0.1, 0.15) is 5.75 Å². The van der Waals surface area contributed by atoms with Crippen LogP contribution in [0.3, 0.4) is 0 Å². The highest BCUT2D eigenvalue weighted by atomic mass is 16.5. The monoisotopic (exact) mass is 300 g/mol. The van der Waals surface area contributed by atoms with E-state index < -0.39 is 0 Å². The molecule has 4 rings (SSSR count). The molecule has 0 spiro atoms. The molecule has 0 amide bonds. The number of rotatable bonds is 4. The van der Waals surface area contributed by atoms with Crippen LogP contribution in [-0.4, -0.2) is 7.11 Å². The van der Waals surface area contributed by atoms with Gasteiger partial charge in [0, 0.05) is 5.41 Å². The molecule has 114 valence electrons. The lowest BCUT2D eigenvalue weighted by Gasteiger charge is -2.19. The van der Waals surface area contributed by atoms with Crippen molar-refractivity contribution in [2.75, 3.05) is 7.11 Å². The highest BCUT2D eigenvalue weighted by molar-refractivity contribution is 5.53. The molecule has 0 unspecified atom stereocenters. The molecule has 1 atom stereocenters. The van der Waals surface area contributed by atoms with Crippen molar-refractivity contribution in [2.45, 2.75) is 17.8 Å². The lowest BCUT2D eigenvalue weighted by atomic mass is 9.84. The molecule has 1 fully saturated rings. The molecule has 0 aliphatic heterocycles. The van der Waals surface area contributed by atoms with Gasteiger partial charge in [0.15, 0.2) is 0 Å². The largest absolute Gasteiger partial charge is 0.497 e. The minimum absolute atomic E-state index is 0.108. The third-order valence-corrected chi connectivity index (χ3v) is 5.06. The van der Waals surface area contributed by atoms with Crippen molar-refractivity contribution >= 4 is 0 Å². The zero-order valence-electron chi connectivity index (χ0n) is 13.3. The molecule has 0 bridgehead atoms. The molecule has 3 aromatic carbocycles. The van der Waals surface area contributed by atoms with E-state index in [1.807, 2.05) is 0 Å². The fourth-order valence-electron chi connectivity index (χ4n) is 3.78. The van der Waals surface area contributed by atoms with E-state index in [-0.39, 0.29) is 5.41 Å². The van der Waals surface area contributed by atoms with Gasteiger partial charge in [0.25, 0.3) is 0 Å². The first-order chi connectivity index (χ1) is 11.3. The van der Waals surface area contributed by atoms with Crippen molar-refractivity contribution in [1.82, 2.24) is 0 Å². The molecule has 1 heteroatoms. The third kappa shape index (κ3) is 2.33. The summed E-state index contributed by atoms with van der Waals surface area (Å²) in [5, 5.41) is 0. The highest BCUT2D eigenvalue weighted by Gasteiger charge is 2.56. The van der Waals surface area contributed by atoms with Gasteiger partial charge < -0.3 is 4.74 Å². The van der Waals surface area contributed by atoms with Crippen molar-refractivity contribution in [2.24, 2.45) is 0 Å². The van der Waals surface area contributed by atoms with Gasteiger partial charge in [-0.3, -0.25) is 0 Å². The van der Waals surface area contributed by atoms with E-state index in [0.717, 1.165) is 12.2 Å². The molecule has 1 aliphatic rings. The Morgan fingerprint density at radius 2 is 1.26 bits per heavy atom. The van der Waals surface area contributed by atoms with E-state index in [9.17, 15) is 0 Å². The minimum Gasteiger partial charge on any atom is -0.497 e. The summed E-state index contributed by atoms with van der Waals surface area (Å²) in [6, 6.07) is 30.3. The Morgan fingerprint density at radius 1 is 0.739 bits per heavy atom. The van der Waals surface area contributed by atoms with Crippen LogP contribution in [0.4, 0.5) is 0 Å². The Balaban J connectivity index is 1.77. The summed E-state index contributed by atoms with van der Waals surface area (Å²) < 4.78 is 5.29. The van der Waals surface area contributed by atoms with Gasteiger partial charge in [0.2, 0.25) is 0 Å². The van der Waals surface area contributed by atoms with Crippen LogP contribution in [0.2, 0.25) is 0 Å². The van der Waals surface area contributed by atoms with E-state index in [1.165, 1.54) is 16.7 Å². The zero-order chi connectivity index (χ0) is 15.7. The third-order valence-electron chi connectivity index (χ3n) is 5.06. The first-order valence-electron chi connectivity index (χ1n) is 8.09. The average Bonchev–Trinajstić information content (AvgIpc) is 3.40. The van der Waals surface area contributed by atoms with Gasteiger partial charge in [-0.25, -0.2) is 0 Å². The van der Waals surface area contributed by atoms with Crippen LogP contribution in [0.25, 0.3) is 0 Å². The molecule has 0 radical (unpaired) electrons. The summed E-state index contributed by atoms with van der Waals surface area (Å²) in [6.45, 7) is 0. The van der Waals surface area contributed by atoms with Crippen LogP contribution in [0, 0.1) is 0 Å². The fraction of sp³-hybridized carbons (Fsp3) is 0.182. The maximum absolute atomic E-state index is 5.29. The molecule has 1 aliphatic carbocycles. The van der Waals surface area contributed by atoms with Crippen molar-refractivity contribution in [1.29, 1.82) is 0 Å². The van der Waals surface area contributed by atoms with Crippen LogP contribution < -0.4 is 4.74 Å². The minimum atomic E-state index is 0.108. The Bertz CT molecular complexity index is 736. The number of hydrogen-bond acceptors (Lipinski definition) is 1. The van der Waals surface area contributed by atoms with Crippen LogP contribution in [0.15, 0.2) is 84.9 Å². The number of hydrogen-bond donors (Lipinski definition) is 0. The normalized spacial score (nSPS) is 18.4. The maximum Gasteiger partial charge on any atom is 0.118 e. The lowest BCUT2D eigenvalue weighted by molar-refractivity contribution is 0.414. The van der Waals surface area contributed by atoms with Crippen LogP contribution >= 0.6 is 0 Å². The molecule has 1 nitrogen and oxygen atoms in total. The molecule has 0 heterocycles. The van der Waals surface area contributed by atoms with Crippen molar-refractivity contribution in [3.8, 4) is 5.75 Å². The van der Waals surface area contributed by atoms with Crippen LogP contribution in [-0.2, 0) is 5.41 Å². The van der Waals surface area contributed by atoms with Crippen molar-refractivity contribution in [3.63, 3.8) is 0 Å². The van der Waals surface area contributed by atoms with Gasteiger partial charge in [0.05, 0.1) is 7.11 Å². The predicted octanol–water partition coefficient (Wildman–Crippen LogP) is 5.17. The molecule has 0 N–H and O–H groups in total. The highest BCUT2D eigenvalue weighted by Crippen LogP contribution is 2.64. The van der Waals surface area contributed by atoms with Crippen LogP contribution in [0.1, 0.15) is 29.0 Å². The summed E-state index contributed by atoms with van der Waals surface area (Å²) in [4.78, 5) is 0. The quantitative estimate of drug-likeness (QED) is 0.646. The zero-order valence-corrected chi connectivity index (χ0v) is 13.3.